The average molecular weight is 393 g/mol. The Kier molecular flexibility index (Phi) is 4.93. The summed E-state index contributed by atoms with van der Waals surface area (Å²) in [6, 6.07) is 8.28. The van der Waals surface area contributed by atoms with Crippen molar-refractivity contribution >= 4 is 17.0 Å². The van der Waals surface area contributed by atoms with Crippen LogP contribution in [0.3, 0.4) is 0 Å². The van der Waals surface area contributed by atoms with Crippen LogP contribution in [0.2, 0.25) is 0 Å². The van der Waals surface area contributed by atoms with Crippen LogP contribution in [0.25, 0.3) is 11.0 Å². The molecule has 7 heteroatoms. The van der Waals surface area contributed by atoms with E-state index in [-0.39, 0.29) is 12.1 Å². The Morgan fingerprint density at radius 3 is 2.62 bits per heavy atom. The van der Waals surface area contributed by atoms with Crippen molar-refractivity contribution in [3.63, 3.8) is 0 Å². The lowest BCUT2D eigenvalue weighted by atomic mass is 9.77. The number of likely N-dealkylation sites (tertiary alicyclic amines) is 1. The van der Waals surface area contributed by atoms with Crippen molar-refractivity contribution < 1.29 is 5.11 Å². The van der Waals surface area contributed by atoms with Crippen LogP contribution >= 0.6 is 0 Å². The second-order valence-corrected chi connectivity index (χ2v) is 8.41. The fraction of sp³-hybridized carbons (Fsp3) is 0.500. The van der Waals surface area contributed by atoms with E-state index in [4.69, 9.17) is 0 Å². The normalized spacial score (nSPS) is 27.2. The first-order chi connectivity index (χ1) is 14.2. The van der Waals surface area contributed by atoms with Crippen molar-refractivity contribution in [3.05, 3.63) is 48.5 Å². The van der Waals surface area contributed by atoms with E-state index in [9.17, 15) is 5.11 Å². The van der Waals surface area contributed by atoms with Crippen molar-refractivity contribution in [1.82, 2.24) is 24.4 Å². The van der Waals surface area contributed by atoms with Gasteiger partial charge < -0.3 is 15.0 Å². The Hall–Kier alpha value is -2.51. The molecule has 2 N–H and O–H groups in total. The van der Waals surface area contributed by atoms with E-state index >= 15 is 0 Å². The Labute approximate surface area is 170 Å². The van der Waals surface area contributed by atoms with Crippen LogP contribution in [-0.2, 0) is 6.54 Å². The van der Waals surface area contributed by atoms with Gasteiger partial charge in [-0.05, 0) is 43.7 Å². The van der Waals surface area contributed by atoms with Crippen molar-refractivity contribution in [1.29, 1.82) is 0 Å². The average Bonchev–Trinajstić information content (AvgIpc) is 3.32. The van der Waals surface area contributed by atoms with Crippen molar-refractivity contribution in [2.75, 3.05) is 25.0 Å². The van der Waals surface area contributed by atoms with Crippen LogP contribution in [0.15, 0.2) is 43.0 Å². The first-order valence-electron chi connectivity index (χ1n) is 10.6. The number of aliphatic hydroxyl groups excluding tert-OH is 1. The van der Waals surface area contributed by atoms with Crippen molar-refractivity contribution in [2.45, 2.75) is 38.5 Å². The maximum Gasteiger partial charge on any atom is 0.222 e. The summed E-state index contributed by atoms with van der Waals surface area (Å²) in [5.41, 5.74) is 3.25. The molecule has 1 saturated heterocycles. The smallest absolute Gasteiger partial charge is 0.222 e. The van der Waals surface area contributed by atoms with Crippen LogP contribution in [0.4, 0.5) is 5.95 Å². The molecule has 2 aromatic heterocycles. The summed E-state index contributed by atoms with van der Waals surface area (Å²) in [4.78, 5) is 15.8. The van der Waals surface area contributed by atoms with Gasteiger partial charge in [0, 0.05) is 44.1 Å². The molecule has 4 atom stereocenters. The lowest BCUT2D eigenvalue weighted by Gasteiger charge is -2.36. The number of para-hydroxylation sites is 2. The molecule has 1 saturated carbocycles. The number of hydrogen-bond donors (Lipinski definition) is 2. The number of imidazole rings is 1. The highest BCUT2D eigenvalue weighted by Gasteiger charge is 2.42. The van der Waals surface area contributed by atoms with E-state index < -0.39 is 0 Å². The quantitative estimate of drug-likeness (QED) is 0.695. The van der Waals surface area contributed by atoms with Gasteiger partial charge in [-0.1, -0.05) is 12.1 Å². The van der Waals surface area contributed by atoms with Crippen LogP contribution in [0, 0.1) is 11.8 Å². The molecule has 3 heterocycles. The Morgan fingerprint density at radius 2 is 1.83 bits per heavy atom. The summed E-state index contributed by atoms with van der Waals surface area (Å²) in [7, 11) is 0. The molecule has 1 aromatic carbocycles. The zero-order chi connectivity index (χ0) is 19.8. The number of aromatic nitrogens is 4. The number of aliphatic hydroxyl groups is 1. The fourth-order valence-electron chi connectivity index (χ4n) is 5.12. The summed E-state index contributed by atoms with van der Waals surface area (Å²) in [6.07, 6.45) is 7.27. The number of anilines is 1. The van der Waals surface area contributed by atoms with Crippen LogP contribution < -0.4 is 5.32 Å². The summed E-state index contributed by atoms with van der Waals surface area (Å²) < 4.78 is 2.19. The van der Waals surface area contributed by atoms with Gasteiger partial charge in [-0.2, -0.15) is 0 Å². The molecule has 1 aliphatic heterocycles. The zero-order valence-corrected chi connectivity index (χ0v) is 16.8. The molecule has 5 rings (SSSR count). The number of fused-ring (bicyclic) bond motifs is 2. The van der Waals surface area contributed by atoms with Crippen LogP contribution in [0.1, 0.15) is 31.4 Å². The van der Waals surface area contributed by atoms with Gasteiger partial charge in [-0.3, -0.25) is 4.90 Å². The summed E-state index contributed by atoms with van der Waals surface area (Å²) in [5, 5.41) is 14.0. The molecule has 2 fully saturated rings. The third kappa shape index (κ3) is 3.60. The standard InChI is InChI=1S/C22H28N6O/c1-2-23-22-24-9-15(10-25-22)11-27-12-16-7-20(21(29)8-17(16)13-27)28-14-26-18-5-3-4-6-19(18)28/h3-6,9-10,14,16-17,20-21,29H,2,7-8,11-13H2,1H3,(H,23,24,25)/t16-,17+,20-,21-/m1/s1. The molecule has 7 nitrogen and oxygen atoms in total. The topological polar surface area (TPSA) is 79.1 Å². The number of rotatable bonds is 5. The minimum atomic E-state index is -0.323. The predicted molar refractivity (Wildman–Crippen MR) is 112 cm³/mol. The second kappa shape index (κ2) is 7.72. The van der Waals surface area contributed by atoms with E-state index in [1.54, 1.807) is 0 Å². The van der Waals surface area contributed by atoms with E-state index in [1.165, 1.54) is 0 Å². The van der Waals surface area contributed by atoms with E-state index in [2.05, 4.69) is 35.8 Å². The molecule has 0 spiro atoms. The predicted octanol–water partition coefficient (Wildman–Crippen LogP) is 2.70. The lowest BCUT2D eigenvalue weighted by molar-refractivity contribution is 0.0374. The fourth-order valence-corrected chi connectivity index (χ4v) is 5.12. The highest BCUT2D eigenvalue weighted by molar-refractivity contribution is 5.75. The monoisotopic (exact) mass is 392 g/mol. The van der Waals surface area contributed by atoms with Gasteiger partial charge in [-0.25, -0.2) is 15.0 Å². The molecule has 0 amide bonds. The molecule has 0 radical (unpaired) electrons. The first kappa shape index (κ1) is 18.5. The lowest BCUT2D eigenvalue weighted by Crippen LogP contribution is -2.36. The Bertz CT molecular complexity index is 971. The Morgan fingerprint density at radius 1 is 1.07 bits per heavy atom. The molecule has 0 bridgehead atoms. The van der Waals surface area contributed by atoms with Gasteiger partial charge in [0.25, 0.3) is 0 Å². The third-order valence-electron chi connectivity index (χ3n) is 6.47. The van der Waals surface area contributed by atoms with Gasteiger partial charge in [0.05, 0.1) is 29.5 Å². The van der Waals surface area contributed by atoms with E-state index in [0.29, 0.717) is 17.8 Å². The first-order valence-corrected chi connectivity index (χ1v) is 10.6. The summed E-state index contributed by atoms with van der Waals surface area (Å²) in [6.45, 7) is 5.83. The van der Waals surface area contributed by atoms with E-state index in [0.717, 1.165) is 55.6 Å². The van der Waals surface area contributed by atoms with Gasteiger partial charge in [0.2, 0.25) is 5.95 Å². The molecule has 1 aliphatic carbocycles. The highest BCUT2D eigenvalue weighted by atomic mass is 16.3. The maximum absolute atomic E-state index is 10.9. The Balaban J connectivity index is 1.27. The van der Waals surface area contributed by atoms with Gasteiger partial charge >= 0.3 is 0 Å². The molecule has 152 valence electrons. The zero-order valence-electron chi connectivity index (χ0n) is 16.8. The van der Waals surface area contributed by atoms with Gasteiger partial charge in [-0.15, -0.1) is 0 Å². The summed E-state index contributed by atoms with van der Waals surface area (Å²) in [5.74, 6) is 1.84. The highest BCUT2D eigenvalue weighted by Crippen LogP contribution is 2.42. The largest absolute Gasteiger partial charge is 0.391 e. The molecule has 3 aromatic rings. The number of benzene rings is 1. The number of nitrogens with zero attached hydrogens (tertiary/aromatic N) is 5. The molecule has 0 unspecified atom stereocenters. The minimum absolute atomic E-state index is 0.103. The SMILES string of the molecule is CCNc1ncc(CN2C[C@H]3C[C@@H](n4cnc5ccccc54)[C@H](O)C[C@H]3C2)cn1. The molecule has 2 aliphatic rings. The van der Waals surface area contributed by atoms with Gasteiger partial charge in [0.15, 0.2) is 0 Å². The molecular formula is C22H28N6O. The van der Waals surface area contributed by atoms with Crippen molar-refractivity contribution in [2.24, 2.45) is 11.8 Å². The maximum atomic E-state index is 10.9. The van der Waals surface area contributed by atoms with Crippen LogP contribution in [-0.4, -0.2) is 55.3 Å². The summed E-state index contributed by atoms with van der Waals surface area (Å²) >= 11 is 0. The molecular weight excluding hydrogens is 364 g/mol. The van der Waals surface area contributed by atoms with E-state index in [1.807, 2.05) is 43.8 Å². The van der Waals surface area contributed by atoms with Crippen molar-refractivity contribution in [3.8, 4) is 0 Å². The number of nitrogens with one attached hydrogen (secondary N) is 1. The van der Waals surface area contributed by atoms with Crippen LogP contribution in [0.5, 0.6) is 0 Å². The minimum Gasteiger partial charge on any atom is -0.391 e. The number of hydrogen-bond acceptors (Lipinski definition) is 6. The molecule has 29 heavy (non-hydrogen) atoms. The second-order valence-electron chi connectivity index (χ2n) is 8.41. The third-order valence-corrected chi connectivity index (χ3v) is 6.47. The van der Waals surface area contributed by atoms with Gasteiger partial charge in [0.1, 0.15) is 0 Å².